The first-order chi connectivity index (χ1) is 22.2. The quantitative estimate of drug-likeness (QED) is 0.0319. The summed E-state index contributed by atoms with van der Waals surface area (Å²) in [6, 6.07) is -1.21. The van der Waals surface area contributed by atoms with Crippen LogP contribution in [0, 0.1) is 0 Å². The van der Waals surface area contributed by atoms with E-state index in [1.165, 1.54) is 34.3 Å². The number of hydrogen-bond donors (Lipinski definition) is 6. The molecule has 1 saturated heterocycles. The zero-order chi connectivity index (χ0) is 34.6. The fraction of sp³-hybridized carbons (Fsp3) is 0.480. The number of fused-ring (bicyclic) bond motifs is 1. The van der Waals surface area contributed by atoms with Gasteiger partial charge in [-0.15, -0.1) is 21.1 Å². The molecule has 254 valence electrons. The fourth-order valence-electron chi connectivity index (χ4n) is 4.65. The summed E-state index contributed by atoms with van der Waals surface area (Å²) < 4.78 is 6.91. The summed E-state index contributed by atoms with van der Waals surface area (Å²) in [5.41, 5.74) is 15.3. The highest BCUT2D eigenvalue weighted by Gasteiger charge is 2.53. The molecule has 9 N–H and O–H groups in total. The van der Waals surface area contributed by atoms with Gasteiger partial charge < -0.3 is 52.4 Å². The molecule has 0 aliphatic carbocycles. The summed E-state index contributed by atoms with van der Waals surface area (Å²) in [5.74, 6) is -4.82. The van der Waals surface area contributed by atoms with E-state index in [2.05, 4.69) is 19.8 Å². The SMILES string of the molecule is CC(C)(O/N=C(/C(=O)N[C@@H]1C(=O)N2C(C(=O)[O-])=C(C[n+]3cc(N(C=O)CCCN)c(N)n3CCO)CS[C@H]12)c1nsc(N)n1)C(=O)O. The Kier molecular flexibility index (Phi) is 10.7. The van der Waals surface area contributed by atoms with Crippen LogP contribution in [0.5, 0.6) is 0 Å². The molecule has 2 aliphatic rings. The van der Waals surface area contributed by atoms with Crippen LogP contribution >= 0.6 is 23.3 Å². The molecule has 0 unspecified atom stereocenters. The third-order valence-electron chi connectivity index (χ3n) is 7.10. The highest BCUT2D eigenvalue weighted by atomic mass is 32.2. The number of oxime groups is 1. The van der Waals surface area contributed by atoms with Gasteiger partial charge in [0.15, 0.2) is 23.2 Å². The van der Waals surface area contributed by atoms with Crippen molar-refractivity contribution < 1.29 is 48.8 Å². The normalized spacial score (nSPS) is 18.0. The topological polar surface area (TPSA) is 302 Å². The number of nitrogens with one attached hydrogen (secondary N) is 1. The van der Waals surface area contributed by atoms with Crippen LogP contribution in [0.3, 0.4) is 0 Å². The molecule has 2 aliphatic heterocycles. The Morgan fingerprint density at radius 2 is 2.09 bits per heavy atom. The fourth-order valence-corrected chi connectivity index (χ4v) is 6.42. The largest absolute Gasteiger partial charge is 0.543 e. The smallest absolute Gasteiger partial charge is 0.350 e. The van der Waals surface area contributed by atoms with Gasteiger partial charge in [0, 0.05) is 29.4 Å². The van der Waals surface area contributed by atoms with Gasteiger partial charge in [-0.3, -0.25) is 19.3 Å². The molecular weight excluding hydrogens is 662 g/mol. The minimum atomic E-state index is -1.84. The number of aliphatic hydroxyl groups excluding tert-OH is 1. The van der Waals surface area contributed by atoms with Gasteiger partial charge >= 0.3 is 5.97 Å². The number of carboxylic acids is 2. The first kappa shape index (κ1) is 35.1. The van der Waals surface area contributed by atoms with Gasteiger partial charge in [-0.05, 0) is 26.8 Å². The Labute approximate surface area is 274 Å². The zero-order valence-corrected chi connectivity index (χ0v) is 26.8. The van der Waals surface area contributed by atoms with E-state index in [0.29, 0.717) is 25.1 Å². The monoisotopic (exact) mass is 695 g/mol. The van der Waals surface area contributed by atoms with Crippen molar-refractivity contribution in [2.24, 2.45) is 10.9 Å². The molecule has 0 radical (unpaired) electrons. The lowest BCUT2D eigenvalue weighted by molar-refractivity contribution is -0.767. The minimum Gasteiger partial charge on any atom is -0.543 e. The number of nitrogens with two attached hydrogens (primary N) is 3. The van der Waals surface area contributed by atoms with E-state index < -0.39 is 52.2 Å². The van der Waals surface area contributed by atoms with Crippen LogP contribution in [0.15, 0.2) is 22.6 Å². The van der Waals surface area contributed by atoms with Crippen LogP contribution in [-0.4, -0.2) is 107 Å². The Morgan fingerprint density at radius 1 is 1.36 bits per heavy atom. The van der Waals surface area contributed by atoms with Crippen LogP contribution in [0.25, 0.3) is 0 Å². The minimum absolute atomic E-state index is 0.0192. The van der Waals surface area contributed by atoms with E-state index in [1.54, 1.807) is 0 Å². The van der Waals surface area contributed by atoms with E-state index in [4.69, 9.17) is 22.0 Å². The molecule has 3 amide bonds. The van der Waals surface area contributed by atoms with Crippen LogP contribution in [0.2, 0.25) is 0 Å². The zero-order valence-electron chi connectivity index (χ0n) is 25.2. The Hall–Kier alpha value is -4.80. The van der Waals surface area contributed by atoms with Crippen LogP contribution in [0.4, 0.5) is 16.6 Å². The summed E-state index contributed by atoms with van der Waals surface area (Å²) >= 11 is 1.90. The number of anilines is 3. The number of rotatable bonds is 16. The van der Waals surface area contributed by atoms with Gasteiger partial charge in [0.05, 0.1) is 18.3 Å². The molecule has 20 nitrogen and oxygen atoms in total. The lowest BCUT2D eigenvalue weighted by Crippen LogP contribution is -2.71. The number of carboxylic acid groups (broad SMARTS) is 2. The molecule has 2 aromatic rings. The molecule has 47 heavy (non-hydrogen) atoms. The summed E-state index contributed by atoms with van der Waals surface area (Å²) in [6.45, 7) is 2.61. The number of carbonyl (C=O) groups is 5. The second kappa shape index (κ2) is 14.3. The summed E-state index contributed by atoms with van der Waals surface area (Å²) in [5, 5.41) is 36.6. The molecule has 0 aromatic carbocycles. The van der Waals surface area contributed by atoms with Crippen molar-refractivity contribution in [3.63, 3.8) is 0 Å². The first-order valence-electron chi connectivity index (χ1n) is 13.9. The lowest BCUT2D eigenvalue weighted by atomic mass is 10.0. The van der Waals surface area contributed by atoms with Crippen molar-refractivity contribution >= 4 is 75.8 Å². The standard InChI is InChI=1S/C25H33N11O9S2/c1-25(2,23(43)44)45-31-14(18-30-24(28)47-32-18)19(39)29-15-20(40)36-16(22(41)42)12(10-46-21(15)36)8-34-9-13(17(27)35(34)6-7-37)33(11-38)5-3-4-26/h9,11,15,21,27,37H,3-8,10,26H2,1-2H3,(H5,28,29,30,32,39,41,42,43,44)/b31-14+/t15-,21-/m1/s1. The van der Waals surface area contributed by atoms with E-state index in [9.17, 15) is 39.3 Å². The van der Waals surface area contributed by atoms with Crippen molar-refractivity contribution in [3.8, 4) is 0 Å². The second-order valence-corrected chi connectivity index (χ2v) is 12.6. The predicted molar refractivity (Wildman–Crippen MR) is 164 cm³/mol. The van der Waals surface area contributed by atoms with Crippen LogP contribution < -0.4 is 37.2 Å². The van der Waals surface area contributed by atoms with Crippen LogP contribution in [-0.2, 0) is 41.9 Å². The van der Waals surface area contributed by atoms with Crippen molar-refractivity contribution in [1.29, 1.82) is 0 Å². The van der Waals surface area contributed by atoms with Gasteiger partial charge in [-0.2, -0.15) is 9.36 Å². The van der Waals surface area contributed by atoms with Gasteiger partial charge in [0.1, 0.15) is 18.0 Å². The van der Waals surface area contributed by atoms with E-state index in [0.717, 1.165) is 28.2 Å². The van der Waals surface area contributed by atoms with Crippen molar-refractivity contribution in [2.45, 2.75) is 50.4 Å². The number of nitrogen functional groups attached to an aromatic ring is 2. The number of carbonyl (C=O) groups excluding carboxylic acids is 4. The molecule has 22 heteroatoms. The Morgan fingerprint density at radius 3 is 2.66 bits per heavy atom. The van der Waals surface area contributed by atoms with E-state index in [1.807, 2.05) is 0 Å². The van der Waals surface area contributed by atoms with Crippen molar-refractivity contribution in [2.75, 3.05) is 41.8 Å². The third-order valence-corrected chi connectivity index (χ3v) is 8.98. The maximum atomic E-state index is 13.3. The molecule has 0 bridgehead atoms. The van der Waals surface area contributed by atoms with E-state index >= 15 is 0 Å². The molecule has 2 aromatic heterocycles. The number of thioether (sulfide) groups is 1. The highest BCUT2D eigenvalue weighted by molar-refractivity contribution is 8.00. The maximum Gasteiger partial charge on any atom is 0.350 e. The number of aliphatic carboxylic acids is 2. The predicted octanol–water partition coefficient (Wildman–Crippen LogP) is -4.22. The van der Waals surface area contributed by atoms with Gasteiger partial charge in [-0.1, -0.05) is 5.16 Å². The average Bonchev–Trinajstić information content (AvgIpc) is 3.58. The van der Waals surface area contributed by atoms with Crippen molar-refractivity contribution in [3.05, 3.63) is 23.3 Å². The number of hydrogen-bond acceptors (Lipinski definition) is 16. The maximum absolute atomic E-state index is 13.3. The molecule has 4 heterocycles. The average molecular weight is 696 g/mol. The highest BCUT2D eigenvalue weighted by Crippen LogP contribution is 2.40. The third kappa shape index (κ3) is 7.13. The molecule has 2 atom stereocenters. The molecular formula is C25H33N11O9S2. The molecule has 0 spiro atoms. The first-order valence-corrected chi connectivity index (χ1v) is 15.8. The summed E-state index contributed by atoms with van der Waals surface area (Å²) in [7, 11) is 0. The van der Waals surface area contributed by atoms with Gasteiger partial charge in [0.2, 0.25) is 29.7 Å². The van der Waals surface area contributed by atoms with Crippen molar-refractivity contribution in [1.82, 2.24) is 24.3 Å². The Balaban J connectivity index is 1.60. The number of nitrogens with zero attached hydrogens (tertiary/aromatic N) is 7. The molecule has 1 fully saturated rings. The van der Waals surface area contributed by atoms with Gasteiger partial charge in [-0.25, -0.2) is 4.79 Å². The summed E-state index contributed by atoms with van der Waals surface area (Å²) in [6.07, 6.45) is 2.61. The lowest BCUT2D eigenvalue weighted by Gasteiger charge is -2.50. The Bertz CT molecular complexity index is 1640. The number of aromatic nitrogens is 4. The van der Waals surface area contributed by atoms with Crippen LogP contribution in [0.1, 0.15) is 26.1 Å². The second-order valence-electron chi connectivity index (χ2n) is 10.7. The molecule has 4 rings (SSSR count). The number of β-lactam (4-membered cyclic amide) rings is 1. The summed E-state index contributed by atoms with van der Waals surface area (Å²) in [4.78, 5) is 73.5. The number of amides is 3. The van der Waals surface area contributed by atoms with Gasteiger partial charge in [0.25, 0.3) is 11.8 Å². The van der Waals surface area contributed by atoms with E-state index in [-0.39, 0.29) is 54.3 Å². The number of aliphatic hydroxyl groups is 1. The molecule has 0 saturated carbocycles.